The summed E-state index contributed by atoms with van der Waals surface area (Å²) in [6, 6.07) is 7.23. The molecule has 20 heavy (non-hydrogen) atoms. The molecule has 5 heteroatoms. The van der Waals surface area contributed by atoms with Gasteiger partial charge in [0.15, 0.2) is 0 Å². The molecule has 0 fully saturated rings. The zero-order valence-electron chi connectivity index (χ0n) is 10.8. The maximum atomic E-state index is 12.7. The van der Waals surface area contributed by atoms with Gasteiger partial charge in [-0.25, -0.2) is 9.38 Å². The van der Waals surface area contributed by atoms with Crippen LogP contribution in [0.2, 0.25) is 0 Å². The average molecular weight is 267 g/mol. The smallest absolute Gasteiger partial charge is 0.267 e. The minimum atomic E-state index is -0.109. The third-order valence-corrected chi connectivity index (χ3v) is 3.98. The number of H-pyrrole nitrogens is 1. The van der Waals surface area contributed by atoms with Crippen LogP contribution in [-0.4, -0.2) is 14.4 Å². The fourth-order valence-corrected chi connectivity index (χ4v) is 3.02. The highest BCUT2D eigenvalue weighted by Gasteiger charge is 2.18. The molecule has 0 aliphatic heterocycles. The summed E-state index contributed by atoms with van der Waals surface area (Å²) in [5.74, 6) is 0.347. The van der Waals surface area contributed by atoms with Crippen LogP contribution in [0.4, 0.5) is 0 Å². The van der Waals surface area contributed by atoms with Crippen molar-refractivity contribution in [3.05, 3.63) is 56.2 Å². The molecule has 2 heterocycles. The second-order valence-corrected chi connectivity index (χ2v) is 5.18. The van der Waals surface area contributed by atoms with Gasteiger partial charge in [0.2, 0.25) is 5.78 Å². The van der Waals surface area contributed by atoms with E-state index in [-0.39, 0.29) is 11.1 Å². The summed E-state index contributed by atoms with van der Waals surface area (Å²) in [5.41, 5.74) is 1.98. The van der Waals surface area contributed by atoms with Crippen LogP contribution in [0.3, 0.4) is 0 Å². The van der Waals surface area contributed by atoms with E-state index in [1.54, 1.807) is 16.5 Å². The molecule has 1 aromatic carbocycles. The third kappa shape index (κ3) is 1.46. The fourth-order valence-electron chi connectivity index (χ4n) is 3.02. The van der Waals surface area contributed by atoms with Crippen molar-refractivity contribution in [3.8, 4) is 0 Å². The number of aromatic amines is 1. The number of aromatic nitrogens is 3. The van der Waals surface area contributed by atoms with Gasteiger partial charge in [0, 0.05) is 11.3 Å². The summed E-state index contributed by atoms with van der Waals surface area (Å²) in [6.07, 6.45) is 3.50. The van der Waals surface area contributed by atoms with E-state index < -0.39 is 0 Å². The molecule has 3 aromatic rings. The lowest BCUT2D eigenvalue weighted by molar-refractivity contribution is 0.644. The Hall–Kier alpha value is -2.43. The Balaban J connectivity index is 2.27. The van der Waals surface area contributed by atoms with Gasteiger partial charge in [0.1, 0.15) is 0 Å². The molecule has 100 valence electrons. The lowest BCUT2D eigenvalue weighted by Crippen LogP contribution is -2.29. The Morgan fingerprint density at radius 2 is 1.90 bits per heavy atom. The predicted molar refractivity (Wildman–Crippen MR) is 76.2 cm³/mol. The summed E-state index contributed by atoms with van der Waals surface area (Å²) >= 11 is 0. The number of hydrogen-bond donors (Lipinski definition) is 1. The number of aryl methyl sites for hydroxylation is 1. The molecule has 2 aromatic heterocycles. The molecule has 0 radical (unpaired) electrons. The maximum absolute atomic E-state index is 12.7. The van der Waals surface area contributed by atoms with Crippen molar-refractivity contribution in [2.24, 2.45) is 0 Å². The molecule has 1 aliphatic carbocycles. The van der Waals surface area contributed by atoms with Crippen LogP contribution >= 0.6 is 0 Å². The predicted octanol–water partition coefficient (Wildman–Crippen LogP) is 1.41. The Morgan fingerprint density at radius 1 is 1.10 bits per heavy atom. The van der Waals surface area contributed by atoms with Crippen molar-refractivity contribution in [3.63, 3.8) is 0 Å². The summed E-state index contributed by atoms with van der Waals surface area (Å²) in [5, 5.41) is 0.588. The van der Waals surface area contributed by atoms with Crippen molar-refractivity contribution in [1.29, 1.82) is 0 Å². The van der Waals surface area contributed by atoms with Crippen LogP contribution in [0.1, 0.15) is 24.1 Å². The van der Waals surface area contributed by atoms with Crippen LogP contribution in [0.25, 0.3) is 16.7 Å². The minimum absolute atomic E-state index is 0.0972. The number of nitrogens with zero attached hydrogens (tertiary/aromatic N) is 2. The van der Waals surface area contributed by atoms with E-state index in [1.807, 2.05) is 12.1 Å². The molecule has 5 nitrogen and oxygen atoms in total. The maximum Gasteiger partial charge on any atom is 0.267 e. The normalized spacial score (nSPS) is 14.6. The summed E-state index contributed by atoms with van der Waals surface area (Å²) in [6.45, 7) is 0. The lowest BCUT2D eigenvalue weighted by atomic mass is 9.97. The van der Waals surface area contributed by atoms with E-state index in [2.05, 4.69) is 9.97 Å². The van der Waals surface area contributed by atoms with Crippen molar-refractivity contribution in [2.75, 3.05) is 0 Å². The second kappa shape index (κ2) is 4.03. The zero-order valence-corrected chi connectivity index (χ0v) is 10.8. The molecule has 4 rings (SSSR count). The Bertz CT molecular complexity index is 953. The molecule has 0 spiro atoms. The molecule has 0 bridgehead atoms. The van der Waals surface area contributed by atoms with Gasteiger partial charge in [-0.1, -0.05) is 12.1 Å². The van der Waals surface area contributed by atoms with Crippen LogP contribution < -0.4 is 11.1 Å². The van der Waals surface area contributed by atoms with E-state index >= 15 is 0 Å². The van der Waals surface area contributed by atoms with Gasteiger partial charge < -0.3 is 0 Å². The standard InChI is InChI=1S/C15H13N3O2/c19-13-10-6-2-4-8-12(10)18-14(20)9-5-1-3-7-11(9)16-15(18)17-13/h1,3,5,7H,2,4,6,8H2,(H,16,17,19). The van der Waals surface area contributed by atoms with E-state index in [4.69, 9.17) is 0 Å². The van der Waals surface area contributed by atoms with Gasteiger partial charge in [-0.15, -0.1) is 0 Å². The molecule has 0 amide bonds. The average Bonchev–Trinajstić information content (AvgIpc) is 2.47. The quantitative estimate of drug-likeness (QED) is 0.626. The van der Waals surface area contributed by atoms with Gasteiger partial charge in [-0.05, 0) is 37.8 Å². The molecule has 1 aliphatic rings. The van der Waals surface area contributed by atoms with Crippen LogP contribution in [0.15, 0.2) is 33.9 Å². The molecule has 1 N–H and O–H groups in total. The number of hydrogen-bond acceptors (Lipinski definition) is 3. The number of nitrogens with one attached hydrogen (secondary N) is 1. The first-order valence-corrected chi connectivity index (χ1v) is 6.81. The Kier molecular flexibility index (Phi) is 2.30. The number of rotatable bonds is 0. The highest BCUT2D eigenvalue weighted by Crippen LogP contribution is 2.18. The first-order chi connectivity index (χ1) is 9.75. The summed E-state index contributed by atoms with van der Waals surface area (Å²) in [4.78, 5) is 31.9. The molecule has 0 saturated carbocycles. The zero-order chi connectivity index (χ0) is 13.7. The summed E-state index contributed by atoms with van der Waals surface area (Å²) in [7, 11) is 0. The number of fused-ring (bicyclic) bond motifs is 4. The fraction of sp³-hybridized carbons (Fsp3) is 0.267. The number of para-hydroxylation sites is 1. The first-order valence-electron chi connectivity index (χ1n) is 6.81. The molecular weight excluding hydrogens is 254 g/mol. The largest absolute Gasteiger partial charge is 0.292 e. The van der Waals surface area contributed by atoms with Gasteiger partial charge in [-0.3, -0.25) is 14.6 Å². The van der Waals surface area contributed by atoms with Crippen LogP contribution in [0, 0.1) is 0 Å². The first kappa shape index (κ1) is 11.4. The number of benzene rings is 1. The van der Waals surface area contributed by atoms with E-state index in [1.165, 1.54) is 0 Å². The van der Waals surface area contributed by atoms with Crippen molar-refractivity contribution < 1.29 is 0 Å². The van der Waals surface area contributed by atoms with Gasteiger partial charge in [0.25, 0.3) is 11.1 Å². The van der Waals surface area contributed by atoms with E-state index in [0.717, 1.165) is 36.9 Å². The highest BCUT2D eigenvalue weighted by atomic mass is 16.1. The van der Waals surface area contributed by atoms with Gasteiger partial charge >= 0.3 is 0 Å². The van der Waals surface area contributed by atoms with E-state index in [0.29, 0.717) is 16.7 Å². The molecule has 0 unspecified atom stereocenters. The van der Waals surface area contributed by atoms with Crippen molar-refractivity contribution in [2.45, 2.75) is 25.7 Å². The van der Waals surface area contributed by atoms with E-state index in [9.17, 15) is 9.59 Å². The van der Waals surface area contributed by atoms with Crippen molar-refractivity contribution in [1.82, 2.24) is 14.4 Å². The monoisotopic (exact) mass is 267 g/mol. The summed E-state index contributed by atoms with van der Waals surface area (Å²) < 4.78 is 1.58. The van der Waals surface area contributed by atoms with Gasteiger partial charge in [-0.2, -0.15) is 0 Å². The minimum Gasteiger partial charge on any atom is -0.292 e. The van der Waals surface area contributed by atoms with Crippen molar-refractivity contribution >= 4 is 16.7 Å². The lowest BCUT2D eigenvalue weighted by Gasteiger charge is -2.17. The van der Waals surface area contributed by atoms with Crippen LogP contribution in [-0.2, 0) is 12.8 Å². The molecular formula is C15H13N3O2. The highest BCUT2D eigenvalue weighted by molar-refractivity contribution is 5.79. The SMILES string of the molecule is O=c1[nH]c2nc3ccccc3c(=O)n2c2c1CCCC2. The topological polar surface area (TPSA) is 67.2 Å². The second-order valence-electron chi connectivity index (χ2n) is 5.18. The van der Waals surface area contributed by atoms with Gasteiger partial charge in [0.05, 0.1) is 10.9 Å². The Morgan fingerprint density at radius 3 is 2.80 bits per heavy atom. The van der Waals surface area contributed by atoms with Crippen LogP contribution in [0.5, 0.6) is 0 Å². The molecule has 0 saturated heterocycles. The molecule has 0 atom stereocenters. The Labute approximate surface area is 113 Å². The third-order valence-electron chi connectivity index (χ3n) is 3.98.